The monoisotopic (exact) mass is 272 g/mol. The third-order valence-electron chi connectivity index (χ3n) is 2.70. The molecule has 1 aromatic heterocycles. The summed E-state index contributed by atoms with van der Waals surface area (Å²) in [6.07, 6.45) is 1.35. The minimum absolute atomic E-state index is 0.136. The molecule has 0 bridgehead atoms. The molecule has 0 saturated heterocycles. The summed E-state index contributed by atoms with van der Waals surface area (Å²) in [5, 5.41) is 12.3. The van der Waals surface area contributed by atoms with Crippen LogP contribution in [0.1, 0.15) is 23.0 Å². The predicted molar refractivity (Wildman–Crippen MR) is 76.8 cm³/mol. The van der Waals surface area contributed by atoms with Crippen LogP contribution in [0.25, 0.3) is 0 Å². The Kier molecular flexibility index (Phi) is 4.20. The fraction of sp³-hybridized carbons (Fsp3) is 0.200. The van der Waals surface area contributed by atoms with Crippen LogP contribution in [0.4, 0.5) is 11.4 Å². The highest BCUT2D eigenvalue weighted by molar-refractivity contribution is 5.94. The first-order valence-electron chi connectivity index (χ1n) is 6.30. The number of carbonyl (C=O) groups is 1. The second-order valence-electron chi connectivity index (χ2n) is 4.26. The fourth-order valence-electron chi connectivity index (χ4n) is 1.82. The van der Waals surface area contributed by atoms with Gasteiger partial charge < -0.3 is 15.2 Å². The van der Waals surface area contributed by atoms with E-state index in [9.17, 15) is 4.79 Å². The van der Waals surface area contributed by atoms with E-state index in [1.54, 1.807) is 6.07 Å². The topological polar surface area (TPSA) is 71.5 Å². The number of aryl methyl sites for hydroxylation is 1. The molecular formula is C15H16N2O3. The van der Waals surface area contributed by atoms with Gasteiger partial charge in [0.25, 0.3) is 0 Å². The SMILES string of the molecule is CCOc1cccc(Nc2cc(C)ncc2C(=O)O)c1. The maximum atomic E-state index is 11.2. The van der Waals surface area contributed by atoms with Crippen molar-refractivity contribution in [2.24, 2.45) is 0 Å². The number of carboxylic acid groups (broad SMARTS) is 1. The molecule has 0 fully saturated rings. The van der Waals surface area contributed by atoms with E-state index in [4.69, 9.17) is 9.84 Å². The van der Waals surface area contributed by atoms with Crippen molar-refractivity contribution in [3.05, 3.63) is 47.8 Å². The maximum Gasteiger partial charge on any atom is 0.339 e. The zero-order chi connectivity index (χ0) is 14.5. The molecule has 1 aromatic carbocycles. The summed E-state index contributed by atoms with van der Waals surface area (Å²) in [5.41, 5.74) is 2.17. The minimum Gasteiger partial charge on any atom is -0.494 e. The van der Waals surface area contributed by atoms with Crippen molar-refractivity contribution in [1.29, 1.82) is 0 Å². The number of pyridine rings is 1. The Morgan fingerprint density at radius 1 is 1.40 bits per heavy atom. The van der Waals surface area contributed by atoms with Gasteiger partial charge in [0.15, 0.2) is 0 Å². The lowest BCUT2D eigenvalue weighted by molar-refractivity contribution is 0.0697. The van der Waals surface area contributed by atoms with Crippen LogP contribution in [0.15, 0.2) is 36.5 Å². The number of carboxylic acids is 1. The molecule has 0 saturated carbocycles. The lowest BCUT2D eigenvalue weighted by Crippen LogP contribution is -2.04. The lowest BCUT2D eigenvalue weighted by atomic mass is 10.2. The largest absolute Gasteiger partial charge is 0.494 e. The Bertz CT molecular complexity index is 626. The van der Waals surface area contributed by atoms with Gasteiger partial charge in [-0.2, -0.15) is 0 Å². The van der Waals surface area contributed by atoms with Crippen molar-refractivity contribution in [3.63, 3.8) is 0 Å². The molecule has 0 aliphatic carbocycles. The Labute approximate surface area is 117 Å². The van der Waals surface area contributed by atoms with E-state index in [0.717, 1.165) is 17.1 Å². The van der Waals surface area contributed by atoms with Gasteiger partial charge in [0.05, 0.1) is 12.3 Å². The van der Waals surface area contributed by atoms with Gasteiger partial charge in [-0.05, 0) is 32.0 Å². The smallest absolute Gasteiger partial charge is 0.339 e. The number of ether oxygens (including phenoxy) is 1. The van der Waals surface area contributed by atoms with E-state index in [-0.39, 0.29) is 5.56 Å². The Morgan fingerprint density at radius 3 is 2.90 bits per heavy atom. The summed E-state index contributed by atoms with van der Waals surface area (Å²) in [4.78, 5) is 15.2. The summed E-state index contributed by atoms with van der Waals surface area (Å²) in [5.74, 6) is -0.277. The van der Waals surface area contributed by atoms with Gasteiger partial charge in [-0.1, -0.05) is 6.07 Å². The second-order valence-corrected chi connectivity index (χ2v) is 4.26. The molecule has 0 atom stereocenters. The highest BCUT2D eigenvalue weighted by atomic mass is 16.5. The van der Waals surface area contributed by atoms with Crippen molar-refractivity contribution in [2.45, 2.75) is 13.8 Å². The van der Waals surface area contributed by atoms with Crippen LogP contribution in [0.2, 0.25) is 0 Å². The quantitative estimate of drug-likeness (QED) is 0.874. The third kappa shape index (κ3) is 3.26. The number of rotatable bonds is 5. The minimum atomic E-state index is -1.01. The average molecular weight is 272 g/mol. The number of benzene rings is 1. The van der Waals surface area contributed by atoms with Crippen molar-refractivity contribution >= 4 is 17.3 Å². The number of aromatic nitrogens is 1. The molecule has 0 aliphatic heterocycles. The number of aromatic carboxylic acids is 1. The molecule has 2 rings (SSSR count). The van der Waals surface area contributed by atoms with Crippen LogP contribution in [0.5, 0.6) is 5.75 Å². The molecule has 2 N–H and O–H groups in total. The van der Waals surface area contributed by atoms with Crippen molar-refractivity contribution in [1.82, 2.24) is 4.98 Å². The molecule has 20 heavy (non-hydrogen) atoms. The molecule has 0 aliphatic rings. The molecule has 104 valence electrons. The number of hydrogen-bond acceptors (Lipinski definition) is 4. The number of hydrogen-bond donors (Lipinski definition) is 2. The van der Waals surface area contributed by atoms with Gasteiger partial charge in [0, 0.05) is 23.6 Å². The summed E-state index contributed by atoms with van der Waals surface area (Å²) < 4.78 is 5.42. The van der Waals surface area contributed by atoms with Crippen molar-refractivity contribution < 1.29 is 14.6 Å². The van der Waals surface area contributed by atoms with Crippen molar-refractivity contribution in [2.75, 3.05) is 11.9 Å². The van der Waals surface area contributed by atoms with E-state index in [1.165, 1.54) is 6.20 Å². The number of nitrogens with zero attached hydrogens (tertiary/aromatic N) is 1. The zero-order valence-corrected chi connectivity index (χ0v) is 11.4. The highest BCUT2D eigenvalue weighted by Gasteiger charge is 2.11. The molecule has 5 heteroatoms. The van der Waals surface area contributed by atoms with Crippen LogP contribution < -0.4 is 10.1 Å². The molecular weight excluding hydrogens is 256 g/mol. The van der Waals surface area contributed by atoms with E-state index < -0.39 is 5.97 Å². The third-order valence-corrected chi connectivity index (χ3v) is 2.70. The van der Waals surface area contributed by atoms with Gasteiger partial charge in [-0.3, -0.25) is 4.98 Å². The van der Waals surface area contributed by atoms with Gasteiger partial charge in [-0.15, -0.1) is 0 Å². The Hall–Kier alpha value is -2.56. The first-order chi connectivity index (χ1) is 9.60. The molecule has 0 spiro atoms. The van der Waals surface area contributed by atoms with Gasteiger partial charge in [0.2, 0.25) is 0 Å². The summed E-state index contributed by atoms with van der Waals surface area (Å²) >= 11 is 0. The van der Waals surface area contributed by atoms with Crippen LogP contribution in [-0.4, -0.2) is 22.7 Å². The van der Waals surface area contributed by atoms with Crippen LogP contribution in [0, 0.1) is 6.92 Å². The first-order valence-corrected chi connectivity index (χ1v) is 6.30. The first kappa shape index (κ1) is 13.9. The zero-order valence-electron chi connectivity index (χ0n) is 11.4. The van der Waals surface area contributed by atoms with Gasteiger partial charge in [-0.25, -0.2) is 4.79 Å². The lowest BCUT2D eigenvalue weighted by Gasteiger charge is -2.11. The van der Waals surface area contributed by atoms with E-state index in [0.29, 0.717) is 12.3 Å². The second kappa shape index (κ2) is 6.06. The fourth-order valence-corrected chi connectivity index (χ4v) is 1.82. The van der Waals surface area contributed by atoms with E-state index >= 15 is 0 Å². The van der Waals surface area contributed by atoms with Crippen LogP contribution >= 0.6 is 0 Å². The molecule has 0 amide bonds. The predicted octanol–water partition coefficient (Wildman–Crippen LogP) is 3.23. The number of nitrogens with one attached hydrogen (secondary N) is 1. The average Bonchev–Trinajstić information content (AvgIpc) is 2.39. The molecule has 0 radical (unpaired) electrons. The van der Waals surface area contributed by atoms with E-state index in [2.05, 4.69) is 10.3 Å². The highest BCUT2D eigenvalue weighted by Crippen LogP contribution is 2.24. The van der Waals surface area contributed by atoms with Crippen LogP contribution in [0.3, 0.4) is 0 Å². The Balaban J connectivity index is 2.31. The standard InChI is InChI=1S/C15H16N2O3/c1-3-20-12-6-4-5-11(8-12)17-14-7-10(2)16-9-13(14)15(18)19/h4-9H,3H2,1-2H3,(H,16,17)(H,18,19). The number of anilines is 2. The van der Waals surface area contributed by atoms with Crippen molar-refractivity contribution in [3.8, 4) is 5.75 Å². The van der Waals surface area contributed by atoms with Gasteiger partial charge in [0.1, 0.15) is 11.3 Å². The molecule has 2 aromatic rings. The molecule has 1 heterocycles. The summed E-state index contributed by atoms with van der Waals surface area (Å²) in [6.45, 7) is 4.31. The van der Waals surface area contributed by atoms with Gasteiger partial charge >= 0.3 is 5.97 Å². The maximum absolute atomic E-state index is 11.2. The summed E-state index contributed by atoms with van der Waals surface area (Å²) in [7, 11) is 0. The normalized spacial score (nSPS) is 10.1. The van der Waals surface area contributed by atoms with Crippen LogP contribution in [-0.2, 0) is 0 Å². The Morgan fingerprint density at radius 2 is 2.20 bits per heavy atom. The van der Waals surface area contributed by atoms with E-state index in [1.807, 2.05) is 38.1 Å². The summed E-state index contributed by atoms with van der Waals surface area (Å²) in [6, 6.07) is 9.08. The molecule has 0 unspecified atom stereocenters. The molecule has 5 nitrogen and oxygen atoms in total.